The van der Waals surface area contributed by atoms with Crippen LogP contribution in [0.25, 0.3) is 17.5 Å². The average molecular weight is 498 g/mol. The fourth-order valence-electron chi connectivity index (χ4n) is 4.57. The predicted molar refractivity (Wildman–Crippen MR) is 145 cm³/mol. The van der Waals surface area contributed by atoms with Crippen LogP contribution in [0.2, 0.25) is 0 Å². The van der Waals surface area contributed by atoms with E-state index in [4.69, 9.17) is 14.5 Å². The van der Waals surface area contributed by atoms with Crippen molar-refractivity contribution in [2.45, 2.75) is 39.4 Å². The van der Waals surface area contributed by atoms with E-state index in [0.717, 1.165) is 53.5 Å². The summed E-state index contributed by atoms with van der Waals surface area (Å²) in [6, 6.07) is 23.3. The summed E-state index contributed by atoms with van der Waals surface area (Å²) in [7, 11) is 0. The largest absolute Gasteiger partial charge is 0.454 e. The second-order valence-corrected chi connectivity index (χ2v) is 9.23. The first-order valence-electron chi connectivity index (χ1n) is 12.8. The molecule has 1 aliphatic heterocycles. The van der Waals surface area contributed by atoms with E-state index in [2.05, 4.69) is 34.6 Å². The fraction of sp³-hybridized carbons (Fsp3) is 0.258. The van der Waals surface area contributed by atoms with Gasteiger partial charge >= 0.3 is 0 Å². The first-order chi connectivity index (χ1) is 18.2. The van der Waals surface area contributed by atoms with Crippen molar-refractivity contribution in [3.8, 4) is 22.9 Å². The molecule has 190 valence electrons. The molecule has 3 aromatic carbocycles. The third kappa shape index (κ3) is 6.09. The van der Waals surface area contributed by atoms with Crippen molar-refractivity contribution in [3.63, 3.8) is 0 Å². The van der Waals surface area contributed by atoms with Crippen molar-refractivity contribution < 1.29 is 13.9 Å². The molecule has 5 nitrogen and oxygen atoms in total. The molecular weight excluding hydrogens is 465 g/mol. The first-order valence-corrected chi connectivity index (χ1v) is 12.8. The second-order valence-electron chi connectivity index (χ2n) is 9.23. The third-order valence-electron chi connectivity index (χ3n) is 6.50. The lowest BCUT2D eigenvalue weighted by molar-refractivity contribution is 0.174. The van der Waals surface area contributed by atoms with Gasteiger partial charge in [-0.05, 0) is 30.2 Å². The summed E-state index contributed by atoms with van der Waals surface area (Å²) in [6.45, 7) is 5.45. The van der Waals surface area contributed by atoms with Gasteiger partial charge in [-0.15, -0.1) is 0 Å². The molecule has 37 heavy (non-hydrogen) atoms. The lowest BCUT2D eigenvalue weighted by Crippen LogP contribution is -2.24. The number of fused-ring (bicyclic) bond motifs is 1. The number of nitrogens with zero attached hydrogens (tertiary/aromatic N) is 3. The van der Waals surface area contributed by atoms with E-state index >= 15 is 0 Å². The number of halogens is 1. The molecule has 0 aliphatic carbocycles. The smallest absolute Gasteiger partial charge is 0.231 e. The quantitative estimate of drug-likeness (QED) is 0.225. The Morgan fingerprint density at radius 1 is 0.973 bits per heavy atom. The van der Waals surface area contributed by atoms with Crippen LogP contribution >= 0.6 is 0 Å². The second kappa shape index (κ2) is 11.9. The molecule has 5 rings (SSSR count). The van der Waals surface area contributed by atoms with Crippen molar-refractivity contribution in [2.24, 2.45) is 0 Å². The van der Waals surface area contributed by atoms with Crippen LogP contribution in [0, 0.1) is 5.82 Å². The average Bonchev–Trinajstić information content (AvgIpc) is 3.55. The predicted octanol–water partition coefficient (Wildman–Crippen LogP) is 6.93. The van der Waals surface area contributed by atoms with Crippen LogP contribution in [-0.4, -0.2) is 27.8 Å². The van der Waals surface area contributed by atoms with Crippen LogP contribution in [-0.2, 0) is 19.6 Å². The van der Waals surface area contributed by atoms with Crippen molar-refractivity contribution >= 4 is 6.08 Å². The molecule has 0 radical (unpaired) electrons. The standard InChI is InChI=1S/C31H32FN3O2/c1-2-3-18-35-27(20-33-31(35)26-11-5-4-6-12-26)22-34(17-9-13-25-10-7-8-14-28(25)32)21-24-15-16-29-30(19-24)37-23-36-29/h4-16,19-20H,2-3,17-18,21-23H2,1H3. The number of imidazole rings is 1. The lowest BCUT2D eigenvalue weighted by atomic mass is 10.1. The molecule has 1 aliphatic rings. The van der Waals surface area contributed by atoms with Gasteiger partial charge in [-0.2, -0.15) is 0 Å². The maximum absolute atomic E-state index is 14.2. The molecule has 0 spiro atoms. The molecule has 0 atom stereocenters. The van der Waals surface area contributed by atoms with Crippen LogP contribution in [0.15, 0.2) is 85.1 Å². The van der Waals surface area contributed by atoms with Crippen molar-refractivity contribution in [3.05, 3.63) is 108 Å². The van der Waals surface area contributed by atoms with Crippen LogP contribution in [0.5, 0.6) is 11.5 Å². The van der Waals surface area contributed by atoms with Gasteiger partial charge in [0, 0.05) is 37.3 Å². The molecule has 0 N–H and O–H groups in total. The van der Waals surface area contributed by atoms with E-state index in [1.54, 1.807) is 12.1 Å². The molecule has 4 aromatic rings. The van der Waals surface area contributed by atoms with Gasteiger partial charge in [0.15, 0.2) is 11.5 Å². The minimum Gasteiger partial charge on any atom is -0.454 e. The zero-order chi connectivity index (χ0) is 25.5. The van der Waals surface area contributed by atoms with Gasteiger partial charge in [0.2, 0.25) is 6.79 Å². The summed E-state index contributed by atoms with van der Waals surface area (Å²) >= 11 is 0. The van der Waals surface area contributed by atoms with Gasteiger partial charge in [0.1, 0.15) is 11.6 Å². The van der Waals surface area contributed by atoms with Crippen LogP contribution in [0.4, 0.5) is 4.39 Å². The van der Waals surface area contributed by atoms with E-state index in [0.29, 0.717) is 25.2 Å². The number of benzene rings is 3. The van der Waals surface area contributed by atoms with Crippen molar-refractivity contribution in [2.75, 3.05) is 13.3 Å². The van der Waals surface area contributed by atoms with Crippen LogP contribution < -0.4 is 9.47 Å². The highest BCUT2D eigenvalue weighted by molar-refractivity contribution is 5.56. The number of hydrogen-bond donors (Lipinski definition) is 0. The third-order valence-corrected chi connectivity index (χ3v) is 6.50. The summed E-state index contributed by atoms with van der Waals surface area (Å²) < 4.78 is 27.6. The molecule has 0 saturated carbocycles. The molecular formula is C31H32FN3O2. The topological polar surface area (TPSA) is 39.5 Å². The van der Waals surface area contributed by atoms with Gasteiger partial charge in [-0.3, -0.25) is 4.90 Å². The van der Waals surface area contributed by atoms with E-state index in [9.17, 15) is 4.39 Å². The maximum Gasteiger partial charge on any atom is 0.231 e. The van der Waals surface area contributed by atoms with Gasteiger partial charge in [0.05, 0.1) is 11.9 Å². The van der Waals surface area contributed by atoms with E-state index in [1.165, 1.54) is 6.07 Å². The minimum absolute atomic E-state index is 0.216. The summed E-state index contributed by atoms with van der Waals surface area (Å²) in [5, 5.41) is 0. The number of unbranched alkanes of at least 4 members (excludes halogenated alkanes) is 1. The zero-order valence-electron chi connectivity index (χ0n) is 21.1. The van der Waals surface area contributed by atoms with Crippen molar-refractivity contribution in [1.82, 2.24) is 14.5 Å². The highest BCUT2D eigenvalue weighted by Gasteiger charge is 2.17. The molecule has 2 heterocycles. The Balaban J connectivity index is 1.41. The molecule has 6 heteroatoms. The Hall–Kier alpha value is -3.90. The van der Waals surface area contributed by atoms with Gasteiger partial charge in [-0.1, -0.05) is 80.1 Å². The monoisotopic (exact) mass is 497 g/mol. The Labute approximate surface area is 217 Å². The van der Waals surface area contributed by atoms with Crippen LogP contribution in [0.1, 0.15) is 36.6 Å². The fourth-order valence-corrected chi connectivity index (χ4v) is 4.57. The lowest BCUT2D eigenvalue weighted by Gasteiger charge is -2.22. The van der Waals surface area contributed by atoms with E-state index in [-0.39, 0.29) is 12.6 Å². The number of ether oxygens (including phenoxy) is 2. The Bertz CT molecular complexity index is 1350. The zero-order valence-corrected chi connectivity index (χ0v) is 21.1. The Kier molecular flexibility index (Phi) is 7.96. The number of rotatable bonds is 11. The van der Waals surface area contributed by atoms with Gasteiger partial charge in [-0.25, -0.2) is 9.37 Å². The van der Waals surface area contributed by atoms with Gasteiger partial charge in [0.25, 0.3) is 0 Å². The summed E-state index contributed by atoms with van der Waals surface area (Å²) in [4.78, 5) is 7.15. The number of hydrogen-bond acceptors (Lipinski definition) is 4. The van der Waals surface area contributed by atoms with Gasteiger partial charge < -0.3 is 14.0 Å². The first kappa shape index (κ1) is 24.8. The Morgan fingerprint density at radius 2 is 1.78 bits per heavy atom. The molecule has 1 aromatic heterocycles. The number of aromatic nitrogens is 2. The molecule has 0 saturated heterocycles. The highest BCUT2D eigenvalue weighted by atomic mass is 19.1. The van der Waals surface area contributed by atoms with Crippen LogP contribution in [0.3, 0.4) is 0 Å². The molecule has 0 unspecified atom stereocenters. The van der Waals surface area contributed by atoms with E-state index < -0.39 is 0 Å². The summed E-state index contributed by atoms with van der Waals surface area (Å²) in [5.41, 5.74) is 4.00. The van der Waals surface area contributed by atoms with E-state index in [1.807, 2.05) is 54.7 Å². The maximum atomic E-state index is 14.2. The van der Waals surface area contributed by atoms with Crippen molar-refractivity contribution in [1.29, 1.82) is 0 Å². The highest BCUT2D eigenvalue weighted by Crippen LogP contribution is 2.33. The minimum atomic E-state index is -0.216. The molecule has 0 amide bonds. The normalized spacial score (nSPS) is 12.6. The summed E-state index contributed by atoms with van der Waals surface area (Å²) in [6.07, 6.45) is 8.06. The SMILES string of the molecule is CCCCn1c(CN(CC=Cc2ccccc2F)Cc2ccc3c(c2)OCO3)cnc1-c1ccccc1. The molecule has 0 bridgehead atoms. The molecule has 0 fully saturated rings. The summed E-state index contributed by atoms with van der Waals surface area (Å²) in [5.74, 6) is 2.33. The Morgan fingerprint density at radius 3 is 2.62 bits per heavy atom.